The Hall–Kier alpha value is -2.71. The molecule has 0 radical (unpaired) electrons. The molecular weight excluding hydrogens is 450 g/mol. The van der Waals surface area contributed by atoms with Crippen molar-refractivity contribution in [3.8, 4) is 11.5 Å². The summed E-state index contributed by atoms with van der Waals surface area (Å²) >= 11 is 1.80. The molecule has 1 aliphatic rings. The van der Waals surface area contributed by atoms with Gasteiger partial charge >= 0.3 is 0 Å². The molecule has 3 aromatic rings. The minimum atomic E-state index is 0.447. The first kappa shape index (κ1) is 24.4. The predicted octanol–water partition coefficient (Wildman–Crippen LogP) is 4.76. The van der Waals surface area contributed by atoms with Crippen LogP contribution in [0.4, 0.5) is 0 Å². The summed E-state index contributed by atoms with van der Waals surface area (Å²) in [5, 5.41) is 1.23. The van der Waals surface area contributed by atoms with Gasteiger partial charge in [0.1, 0.15) is 24.5 Å². The van der Waals surface area contributed by atoms with Gasteiger partial charge in [0, 0.05) is 12.1 Å². The minimum Gasteiger partial charge on any atom is -0.487 e. The molecule has 1 aliphatic heterocycles. The van der Waals surface area contributed by atoms with Gasteiger partial charge in [0.25, 0.3) is 5.01 Å². The summed E-state index contributed by atoms with van der Waals surface area (Å²) < 4.78 is 32.0. The average molecular weight is 483 g/mol. The lowest BCUT2D eigenvalue weighted by atomic mass is 10.2. The Labute approximate surface area is 205 Å². The maximum Gasteiger partial charge on any atom is 0.262 e. The summed E-state index contributed by atoms with van der Waals surface area (Å²) in [7, 11) is 0. The van der Waals surface area contributed by atoms with E-state index in [1.807, 2.05) is 18.2 Å². The number of allylic oxidation sites excluding steroid dienone is 2. The summed E-state index contributed by atoms with van der Waals surface area (Å²) in [5.41, 5.74) is 2.31. The quantitative estimate of drug-likeness (QED) is 0.397. The van der Waals surface area contributed by atoms with E-state index in [1.54, 1.807) is 11.3 Å². The van der Waals surface area contributed by atoms with Gasteiger partial charge in [0.15, 0.2) is 11.5 Å². The number of hydrogen-bond donors (Lipinski definition) is 0. The largest absolute Gasteiger partial charge is 0.487 e. The summed E-state index contributed by atoms with van der Waals surface area (Å²) in [6.45, 7) is 7.22. The topological polar surface area (TPSA) is 50.0 Å². The van der Waals surface area contributed by atoms with Gasteiger partial charge in [-0.2, -0.15) is 4.57 Å². The maximum absolute atomic E-state index is 5.96. The van der Waals surface area contributed by atoms with E-state index in [0.29, 0.717) is 64.4 Å². The van der Waals surface area contributed by atoms with Crippen LogP contribution in [0.25, 0.3) is 22.4 Å². The first-order valence-corrected chi connectivity index (χ1v) is 12.6. The number of aryl methyl sites for hydroxylation is 1. The fourth-order valence-corrected chi connectivity index (χ4v) is 4.77. The predicted molar refractivity (Wildman–Crippen MR) is 136 cm³/mol. The lowest BCUT2D eigenvalue weighted by Crippen LogP contribution is -2.33. The van der Waals surface area contributed by atoms with Crippen LogP contribution in [-0.2, 0) is 20.8 Å². The first-order valence-electron chi connectivity index (χ1n) is 11.7. The van der Waals surface area contributed by atoms with E-state index in [2.05, 4.69) is 60.1 Å². The highest BCUT2D eigenvalue weighted by atomic mass is 32.1. The number of fused-ring (bicyclic) bond motifs is 2. The Bertz CT molecular complexity index is 1110. The molecule has 2 heterocycles. The van der Waals surface area contributed by atoms with Gasteiger partial charge in [-0.25, -0.2) is 0 Å². The van der Waals surface area contributed by atoms with Crippen LogP contribution >= 0.6 is 11.3 Å². The van der Waals surface area contributed by atoms with Crippen LogP contribution in [0.1, 0.15) is 17.5 Å². The molecule has 0 saturated carbocycles. The van der Waals surface area contributed by atoms with Gasteiger partial charge in [0.05, 0.1) is 39.6 Å². The smallest absolute Gasteiger partial charge is 0.262 e. The Morgan fingerprint density at radius 2 is 1.41 bits per heavy atom. The lowest BCUT2D eigenvalue weighted by Gasteiger charge is -2.13. The summed E-state index contributed by atoms with van der Waals surface area (Å²) in [6.07, 6.45) is 8.36. The molecule has 0 N–H and O–H groups in total. The monoisotopic (exact) mass is 482 g/mol. The minimum absolute atomic E-state index is 0.447. The van der Waals surface area contributed by atoms with Crippen LogP contribution in [0, 0.1) is 0 Å². The van der Waals surface area contributed by atoms with Crippen molar-refractivity contribution in [2.24, 2.45) is 0 Å². The number of benzene rings is 2. The third kappa shape index (κ3) is 6.90. The molecule has 6 nitrogen and oxygen atoms in total. The average Bonchev–Trinajstić information content (AvgIpc) is 3.22. The number of thiazole rings is 1. The Morgan fingerprint density at radius 1 is 0.765 bits per heavy atom. The van der Waals surface area contributed by atoms with E-state index in [9.17, 15) is 0 Å². The van der Waals surface area contributed by atoms with Gasteiger partial charge in [0.2, 0.25) is 5.52 Å². The van der Waals surface area contributed by atoms with Gasteiger partial charge in [-0.1, -0.05) is 47.8 Å². The van der Waals surface area contributed by atoms with Crippen molar-refractivity contribution >= 4 is 33.7 Å². The van der Waals surface area contributed by atoms with E-state index in [4.69, 9.17) is 23.7 Å². The molecule has 180 valence electrons. The summed E-state index contributed by atoms with van der Waals surface area (Å²) in [4.78, 5) is 0. The van der Waals surface area contributed by atoms with E-state index in [-0.39, 0.29) is 0 Å². The highest BCUT2D eigenvalue weighted by molar-refractivity contribution is 7.18. The van der Waals surface area contributed by atoms with E-state index >= 15 is 0 Å². The van der Waals surface area contributed by atoms with E-state index in [1.165, 1.54) is 15.2 Å². The normalized spacial score (nSPS) is 16.6. The van der Waals surface area contributed by atoms with Gasteiger partial charge in [-0.05, 0) is 30.7 Å². The second-order valence-corrected chi connectivity index (χ2v) is 8.67. The van der Waals surface area contributed by atoms with Crippen molar-refractivity contribution in [2.75, 3.05) is 52.9 Å². The second-order valence-electron chi connectivity index (χ2n) is 7.61. The first-order chi connectivity index (χ1) is 16.8. The van der Waals surface area contributed by atoms with Crippen LogP contribution in [0.15, 0.2) is 54.6 Å². The SMILES string of the molecule is CC[n+]1c(/C=C/C=C/c2ccc3c(c2)OCCOCCOCCOCCO3)sc2ccccc21. The number of para-hydroxylation sites is 1. The third-order valence-electron chi connectivity index (χ3n) is 5.27. The van der Waals surface area contributed by atoms with Crippen LogP contribution in [0.5, 0.6) is 11.5 Å². The molecule has 0 atom stereocenters. The fourth-order valence-electron chi connectivity index (χ4n) is 3.63. The molecular formula is C27H32NO5S+. The van der Waals surface area contributed by atoms with Gasteiger partial charge < -0.3 is 23.7 Å². The van der Waals surface area contributed by atoms with Gasteiger partial charge in [-0.15, -0.1) is 0 Å². The van der Waals surface area contributed by atoms with Crippen molar-refractivity contribution in [2.45, 2.75) is 13.5 Å². The maximum atomic E-state index is 5.96. The molecule has 0 unspecified atom stereocenters. The highest BCUT2D eigenvalue weighted by Gasteiger charge is 2.15. The van der Waals surface area contributed by atoms with Crippen LogP contribution in [0.2, 0.25) is 0 Å². The molecule has 0 amide bonds. The summed E-state index contributed by atoms with van der Waals surface area (Å²) in [6, 6.07) is 14.5. The number of hydrogen-bond acceptors (Lipinski definition) is 6. The standard InChI is InChI=1S/C27H32NO5S/c1-2-28-23-8-4-5-9-26(23)34-27(28)10-6-3-7-22-11-12-24-25(21-22)33-20-18-31-16-14-29-13-15-30-17-19-32-24/h3-12,21H,2,13-20H2,1H3/q+1/b7-3+,10-6+. The van der Waals surface area contributed by atoms with Crippen molar-refractivity contribution < 1.29 is 28.3 Å². The molecule has 1 aromatic heterocycles. The van der Waals surface area contributed by atoms with Crippen molar-refractivity contribution in [1.29, 1.82) is 0 Å². The zero-order chi connectivity index (χ0) is 23.4. The third-order valence-corrected chi connectivity index (χ3v) is 6.40. The highest BCUT2D eigenvalue weighted by Crippen LogP contribution is 2.29. The lowest BCUT2D eigenvalue weighted by molar-refractivity contribution is -0.665. The van der Waals surface area contributed by atoms with Crippen LogP contribution < -0.4 is 14.0 Å². The molecule has 0 fully saturated rings. The van der Waals surface area contributed by atoms with Crippen molar-refractivity contribution in [1.82, 2.24) is 0 Å². The van der Waals surface area contributed by atoms with Crippen molar-refractivity contribution in [3.05, 3.63) is 65.2 Å². The Balaban J connectivity index is 1.43. The number of rotatable bonds is 4. The molecule has 34 heavy (non-hydrogen) atoms. The molecule has 0 bridgehead atoms. The molecule has 0 spiro atoms. The number of ether oxygens (including phenoxy) is 5. The number of aromatic nitrogens is 1. The van der Waals surface area contributed by atoms with Crippen LogP contribution in [0.3, 0.4) is 0 Å². The Morgan fingerprint density at radius 3 is 2.15 bits per heavy atom. The van der Waals surface area contributed by atoms with E-state index < -0.39 is 0 Å². The molecule has 7 heteroatoms. The van der Waals surface area contributed by atoms with Crippen LogP contribution in [-0.4, -0.2) is 52.9 Å². The van der Waals surface area contributed by atoms with Crippen molar-refractivity contribution in [3.63, 3.8) is 0 Å². The zero-order valence-corrected chi connectivity index (χ0v) is 20.4. The fraction of sp³-hybridized carbons (Fsp3) is 0.370. The van der Waals surface area contributed by atoms with E-state index in [0.717, 1.165) is 12.1 Å². The number of nitrogens with zero attached hydrogens (tertiary/aromatic N) is 1. The molecule has 4 rings (SSSR count). The second kappa shape index (κ2) is 13.2. The zero-order valence-electron chi connectivity index (χ0n) is 19.6. The molecule has 0 aliphatic carbocycles. The molecule has 2 aromatic carbocycles. The van der Waals surface area contributed by atoms with Gasteiger partial charge in [-0.3, -0.25) is 0 Å². The Kier molecular flexibility index (Phi) is 9.51. The summed E-state index contributed by atoms with van der Waals surface area (Å²) in [5.74, 6) is 1.41. The molecule has 0 saturated heterocycles.